The Balaban J connectivity index is 1.95. The molecule has 0 spiro atoms. The predicted octanol–water partition coefficient (Wildman–Crippen LogP) is 2.84. The summed E-state index contributed by atoms with van der Waals surface area (Å²) < 4.78 is 15.1. The molecule has 2 heterocycles. The van der Waals surface area contributed by atoms with Crippen LogP contribution in [0.4, 0.5) is 10.1 Å². The summed E-state index contributed by atoms with van der Waals surface area (Å²) in [5.74, 6) is -2.99. The number of carbonyl (C=O) groups excluding carboxylic acids is 3. The number of nitrogens with one attached hydrogen (secondary N) is 2. The highest BCUT2D eigenvalue weighted by Crippen LogP contribution is 2.34. The van der Waals surface area contributed by atoms with Gasteiger partial charge in [-0.1, -0.05) is 17.7 Å². The van der Waals surface area contributed by atoms with Crippen LogP contribution in [0.3, 0.4) is 0 Å². The summed E-state index contributed by atoms with van der Waals surface area (Å²) >= 11 is 6.35. The maximum absolute atomic E-state index is 13.5. The molecule has 2 aromatic rings. The van der Waals surface area contributed by atoms with Crippen LogP contribution in [0.2, 0.25) is 5.02 Å². The maximum atomic E-state index is 13.5. The Morgan fingerprint density at radius 3 is 2.83 bits per heavy atom. The van der Waals surface area contributed by atoms with Crippen LogP contribution >= 0.6 is 11.6 Å². The van der Waals surface area contributed by atoms with Crippen LogP contribution in [0.25, 0.3) is 0 Å². The quantitative estimate of drug-likeness (QED) is 0.431. The zero-order valence-corrected chi connectivity index (χ0v) is 16.0. The average Bonchev–Trinajstić information content (AvgIpc) is 3.26. The van der Waals surface area contributed by atoms with Gasteiger partial charge in [0.25, 0.3) is 17.6 Å². The van der Waals surface area contributed by atoms with Crippen molar-refractivity contribution in [3.8, 4) is 6.07 Å². The van der Waals surface area contributed by atoms with Crippen LogP contribution in [0.15, 0.2) is 30.9 Å². The van der Waals surface area contributed by atoms with Gasteiger partial charge in [0.05, 0.1) is 16.1 Å². The lowest BCUT2D eigenvalue weighted by molar-refractivity contribution is -0.116. The van der Waals surface area contributed by atoms with E-state index >= 15 is 0 Å². The van der Waals surface area contributed by atoms with Crippen molar-refractivity contribution in [3.63, 3.8) is 0 Å². The van der Waals surface area contributed by atoms with Crippen molar-refractivity contribution in [2.75, 3.05) is 11.9 Å². The number of nitrogens with zero attached hydrogens (tertiary/aromatic N) is 2. The lowest BCUT2D eigenvalue weighted by Crippen LogP contribution is -2.31. The number of hydrogen-bond donors (Lipinski definition) is 2. The lowest BCUT2D eigenvalue weighted by Gasteiger charge is -2.09. The first kappa shape index (κ1) is 20.3. The van der Waals surface area contributed by atoms with Crippen molar-refractivity contribution in [2.24, 2.45) is 0 Å². The van der Waals surface area contributed by atoms with Crippen molar-refractivity contribution in [3.05, 3.63) is 64.2 Å². The highest BCUT2D eigenvalue weighted by molar-refractivity contribution is 6.48. The fourth-order valence-corrected chi connectivity index (χ4v) is 3.62. The number of hydrogen-bond acceptors (Lipinski definition) is 4. The third-order valence-corrected chi connectivity index (χ3v) is 4.88. The highest BCUT2D eigenvalue weighted by atomic mass is 35.5. The zero-order valence-electron chi connectivity index (χ0n) is 15.2. The Labute approximate surface area is 170 Å². The van der Waals surface area contributed by atoms with Crippen molar-refractivity contribution in [1.82, 2.24) is 9.88 Å². The second-order valence-corrected chi connectivity index (χ2v) is 6.71. The van der Waals surface area contributed by atoms with E-state index in [4.69, 9.17) is 16.9 Å². The zero-order chi connectivity index (χ0) is 21.1. The molecule has 0 unspecified atom stereocenters. The normalized spacial score (nSPS) is 12.0. The fraction of sp³-hybridized carbons (Fsp3) is 0.200. The van der Waals surface area contributed by atoms with E-state index in [1.807, 2.05) is 0 Å². The number of aromatic nitrogens is 1. The van der Waals surface area contributed by atoms with Crippen molar-refractivity contribution in [2.45, 2.75) is 19.4 Å². The van der Waals surface area contributed by atoms with Crippen LogP contribution < -0.4 is 10.6 Å². The minimum absolute atomic E-state index is 0.00713. The smallest absolute Gasteiger partial charge is 0.292 e. The molecule has 1 aliphatic heterocycles. The Bertz CT molecular complexity index is 1080. The molecule has 0 saturated heterocycles. The summed E-state index contributed by atoms with van der Waals surface area (Å²) in [4.78, 5) is 37.5. The monoisotopic (exact) mass is 414 g/mol. The minimum Gasteiger partial charge on any atom is -0.346 e. The van der Waals surface area contributed by atoms with Gasteiger partial charge in [-0.15, -0.1) is 6.58 Å². The summed E-state index contributed by atoms with van der Waals surface area (Å²) in [7, 11) is 0. The van der Waals surface area contributed by atoms with E-state index in [0.29, 0.717) is 25.1 Å². The second-order valence-electron chi connectivity index (χ2n) is 6.33. The van der Waals surface area contributed by atoms with Crippen LogP contribution in [0, 0.1) is 17.1 Å². The summed E-state index contributed by atoms with van der Waals surface area (Å²) in [6, 6.07) is 5.27. The van der Waals surface area contributed by atoms with E-state index in [1.165, 1.54) is 18.2 Å². The topological polar surface area (TPSA) is 104 Å². The molecule has 7 nitrogen and oxygen atoms in total. The Morgan fingerprint density at radius 1 is 1.38 bits per heavy atom. The largest absolute Gasteiger partial charge is 0.346 e. The first-order valence-electron chi connectivity index (χ1n) is 8.74. The Hall–Kier alpha value is -3.44. The molecule has 1 aromatic carbocycles. The van der Waals surface area contributed by atoms with Gasteiger partial charge in [0.15, 0.2) is 0 Å². The number of amides is 2. The molecule has 9 heteroatoms. The number of ketones is 1. The first-order valence-corrected chi connectivity index (χ1v) is 9.12. The molecule has 1 aromatic heterocycles. The molecule has 29 heavy (non-hydrogen) atoms. The van der Waals surface area contributed by atoms with Crippen LogP contribution in [0.1, 0.15) is 38.5 Å². The van der Waals surface area contributed by atoms with Gasteiger partial charge in [0.2, 0.25) is 0 Å². The van der Waals surface area contributed by atoms with Gasteiger partial charge in [-0.3, -0.25) is 14.4 Å². The number of carbonyl (C=O) groups is 3. The van der Waals surface area contributed by atoms with Gasteiger partial charge < -0.3 is 15.2 Å². The molecule has 3 rings (SSSR count). The molecule has 0 aliphatic carbocycles. The van der Waals surface area contributed by atoms with Gasteiger partial charge in [0, 0.05) is 24.5 Å². The number of fused-ring (bicyclic) bond motifs is 1. The van der Waals surface area contributed by atoms with Crippen LogP contribution in [0.5, 0.6) is 0 Å². The molecule has 2 amide bonds. The van der Waals surface area contributed by atoms with Gasteiger partial charge in [0.1, 0.15) is 17.6 Å². The first-order chi connectivity index (χ1) is 13.9. The third-order valence-electron chi connectivity index (χ3n) is 4.51. The van der Waals surface area contributed by atoms with Gasteiger partial charge in [-0.25, -0.2) is 4.39 Å². The highest BCUT2D eigenvalue weighted by Gasteiger charge is 2.34. The summed E-state index contributed by atoms with van der Waals surface area (Å²) in [6.45, 7) is 4.06. The van der Waals surface area contributed by atoms with E-state index in [2.05, 4.69) is 17.2 Å². The van der Waals surface area contributed by atoms with E-state index in [9.17, 15) is 18.8 Å². The number of halogens is 2. The summed E-state index contributed by atoms with van der Waals surface area (Å²) in [5.41, 5.74) is 0.559. The summed E-state index contributed by atoms with van der Waals surface area (Å²) in [5, 5.41) is 13.8. The fourth-order valence-electron chi connectivity index (χ4n) is 3.24. The molecule has 0 bridgehead atoms. The molecule has 2 N–H and O–H groups in total. The van der Waals surface area contributed by atoms with Crippen molar-refractivity contribution >= 4 is 34.9 Å². The van der Waals surface area contributed by atoms with Crippen LogP contribution in [-0.4, -0.2) is 28.7 Å². The SMILES string of the molecule is C=CCNC(=O)C(=O)c1c(Cl)c(C(=O)Nc2ccc(F)c(C#N)c2)n2c1CCC2. The number of nitriles is 1. The number of rotatable bonds is 6. The Morgan fingerprint density at radius 2 is 2.14 bits per heavy atom. The van der Waals surface area contributed by atoms with Crippen molar-refractivity contribution in [1.29, 1.82) is 5.26 Å². The van der Waals surface area contributed by atoms with Crippen molar-refractivity contribution < 1.29 is 18.8 Å². The summed E-state index contributed by atoms with van der Waals surface area (Å²) in [6.07, 6.45) is 2.63. The maximum Gasteiger partial charge on any atom is 0.292 e. The molecule has 0 radical (unpaired) electrons. The third kappa shape index (κ3) is 3.77. The predicted molar refractivity (Wildman–Crippen MR) is 104 cm³/mol. The van der Waals surface area contributed by atoms with Gasteiger partial charge >= 0.3 is 0 Å². The molecular formula is C20H16ClFN4O3. The van der Waals surface area contributed by atoms with Crippen LogP contribution in [-0.2, 0) is 17.8 Å². The molecule has 0 atom stereocenters. The Kier molecular flexibility index (Phi) is 5.80. The van der Waals surface area contributed by atoms with Gasteiger partial charge in [-0.2, -0.15) is 5.26 Å². The standard InChI is InChI=1S/C20H16ClFN4O3/c1-2-7-24-20(29)18(27)15-14-4-3-8-26(14)17(16(15)21)19(28)25-12-5-6-13(22)11(9-12)10-23/h2,5-6,9H,1,3-4,7-8H2,(H,24,29)(H,25,28). The molecule has 148 valence electrons. The van der Waals surface area contributed by atoms with E-state index < -0.39 is 23.4 Å². The molecule has 1 aliphatic rings. The average molecular weight is 415 g/mol. The number of Topliss-reactive ketones (excluding diaryl/α,β-unsaturated/α-hetero) is 1. The molecule has 0 saturated carbocycles. The van der Waals surface area contributed by atoms with E-state index in [0.717, 1.165) is 6.07 Å². The number of anilines is 1. The van der Waals surface area contributed by atoms with E-state index in [1.54, 1.807) is 10.6 Å². The molecule has 0 fully saturated rings. The van der Waals surface area contributed by atoms with E-state index in [-0.39, 0.29) is 34.1 Å². The number of benzene rings is 1. The molecular weight excluding hydrogens is 399 g/mol. The second kappa shape index (κ2) is 8.29. The lowest BCUT2D eigenvalue weighted by atomic mass is 10.1. The van der Waals surface area contributed by atoms with Gasteiger partial charge in [-0.05, 0) is 31.0 Å². The minimum atomic E-state index is -0.837.